The molecule has 0 unspecified atom stereocenters. The number of carbonyl (C=O) groups excluding carboxylic acids is 2. The number of pyridine rings is 1. The summed E-state index contributed by atoms with van der Waals surface area (Å²) in [6.07, 6.45) is 2.38. The number of aromatic nitrogens is 1. The molecule has 2 N–H and O–H groups in total. The molecule has 8 heteroatoms. The van der Waals surface area contributed by atoms with Gasteiger partial charge in [0, 0.05) is 41.5 Å². The van der Waals surface area contributed by atoms with Gasteiger partial charge in [0.2, 0.25) is 5.91 Å². The fraction of sp³-hybridized carbons (Fsp3) is 0.208. The van der Waals surface area contributed by atoms with Gasteiger partial charge in [-0.05, 0) is 36.4 Å². The summed E-state index contributed by atoms with van der Waals surface area (Å²) < 4.78 is 10.5. The van der Waals surface area contributed by atoms with Crippen LogP contribution in [-0.2, 0) is 11.2 Å². The Morgan fingerprint density at radius 1 is 0.969 bits per heavy atom. The van der Waals surface area contributed by atoms with Gasteiger partial charge in [-0.25, -0.2) is 0 Å². The zero-order valence-electron chi connectivity index (χ0n) is 18.0. The number of ether oxygens (including phenoxy) is 2. The van der Waals surface area contributed by atoms with Gasteiger partial charge >= 0.3 is 0 Å². The van der Waals surface area contributed by atoms with Crippen molar-refractivity contribution in [3.05, 3.63) is 78.1 Å². The van der Waals surface area contributed by atoms with Gasteiger partial charge in [0.15, 0.2) is 11.5 Å². The summed E-state index contributed by atoms with van der Waals surface area (Å²) in [4.78, 5) is 30.1. The minimum atomic E-state index is -0.187. The van der Waals surface area contributed by atoms with Crippen LogP contribution in [0.15, 0.2) is 71.8 Å². The first-order chi connectivity index (χ1) is 15.6. The second-order valence-electron chi connectivity index (χ2n) is 6.73. The minimum Gasteiger partial charge on any atom is -0.493 e. The van der Waals surface area contributed by atoms with E-state index in [4.69, 9.17) is 9.47 Å². The normalized spacial score (nSPS) is 10.3. The highest BCUT2D eigenvalue weighted by molar-refractivity contribution is 8.00. The molecule has 2 aromatic carbocycles. The van der Waals surface area contributed by atoms with Crippen LogP contribution in [0.2, 0.25) is 0 Å². The summed E-state index contributed by atoms with van der Waals surface area (Å²) >= 11 is 1.31. The number of amides is 2. The molecule has 1 aromatic heterocycles. The molecule has 0 fully saturated rings. The van der Waals surface area contributed by atoms with Crippen LogP contribution in [0.1, 0.15) is 16.1 Å². The van der Waals surface area contributed by atoms with Gasteiger partial charge in [-0.1, -0.05) is 18.2 Å². The first-order valence-corrected chi connectivity index (χ1v) is 11.0. The topological polar surface area (TPSA) is 89.5 Å². The van der Waals surface area contributed by atoms with Crippen LogP contribution in [-0.4, -0.2) is 43.3 Å². The lowest BCUT2D eigenvalue weighted by atomic mass is 10.2. The first-order valence-electron chi connectivity index (χ1n) is 10.0. The van der Waals surface area contributed by atoms with Gasteiger partial charge in [-0.2, -0.15) is 0 Å². The monoisotopic (exact) mass is 451 g/mol. The number of rotatable bonds is 10. The van der Waals surface area contributed by atoms with E-state index in [-0.39, 0.29) is 17.6 Å². The van der Waals surface area contributed by atoms with Crippen LogP contribution in [0.25, 0.3) is 0 Å². The molecule has 0 bridgehead atoms. The van der Waals surface area contributed by atoms with Gasteiger partial charge in [0.1, 0.15) is 0 Å². The van der Waals surface area contributed by atoms with Crippen LogP contribution < -0.4 is 20.1 Å². The van der Waals surface area contributed by atoms with Crippen molar-refractivity contribution in [3.63, 3.8) is 0 Å². The summed E-state index contributed by atoms with van der Waals surface area (Å²) in [6, 6.07) is 18.1. The Hall–Kier alpha value is -3.52. The maximum atomic E-state index is 12.7. The van der Waals surface area contributed by atoms with Crippen molar-refractivity contribution in [3.8, 4) is 11.5 Å². The molecule has 0 aliphatic carbocycles. The zero-order chi connectivity index (χ0) is 22.8. The van der Waals surface area contributed by atoms with Gasteiger partial charge in [-0.15, -0.1) is 11.8 Å². The minimum absolute atomic E-state index is 0.159. The molecular formula is C24H25N3O4S. The largest absolute Gasteiger partial charge is 0.493 e. The zero-order valence-corrected chi connectivity index (χ0v) is 18.8. The number of hydrogen-bond donors (Lipinski definition) is 2. The lowest BCUT2D eigenvalue weighted by molar-refractivity contribution is -0.113. The summed E-state index contributed by atoms with van der Waals surface area (Å²) in [5.41, 5.74) is 2.06. The van der Waals surface area contributed by atoms with Crippen molar-refractivity contribution in [1.82, 2.24) is 10.3 Å². The molecule has 0 aliphatic rings. The SMILES string of the molecule is COc1ccc(NC(=O)CSc2ccccc2C(=O)NCCc2ccccn2)cc1OC. The Kier molecular flexibility index (Phi) is 8.51. The Morgan fingerprint density at radius 3 is 2.50 bits per heavy atom. The summed E-state index contributed by atoms with van der Waals surface area (Å²) in [5.74, 6) is 0.914. The first kappa shape index (κ1) is 23.1. The van der Waals surface area contributed by atoms with Crippen molar-refractivity contribution >= 4 is 29.3 Å². The van der Waals surface area contributed by atoms with Crippen molar-refractivity contribution in [2.24, 2.45) is 0 Å². The molecule has 0 atom stereocenters. The van der Waals surface area contributed by atoms with E-state index in [0.717, 1.165) is 10.6 Å². The maximum absolute atomic E-state index is 12.7. The smallest absolute Gasteiger partial charge is 0.252 e. The average Bonchev–Trinajstić information content (AvgIpc) is 2.83. The van der Waals surface area contributed by atoms with E-state index in [1.807, 2.05) is 30.3 Å². The third kappa shape index (κ3) is 6.49. The van der Waals surface area contributed by atoms with Gasteiger partial charge < -0.3 is 20.1 Å². The van der Waals surface area contributed by atoms with Crippen LogP contribution in [0.4, 0.5) is 5.69 Å². The van der Waals surface area contributed by atoms with E-state index in [1.54, 1.807) is 43.6 Å². The molecule has 0 aliphatic heterocycles. The molecule has 3 aromatic rings. The molecular weight excluding hydrogens is 426 g/mol. The Bertz CT molecular complexity index is 1060. The number of nitrogens with one attached hydrogen (secondary N) is 2. The van der Waals surface area contributed by atoms with Crippen molar-refractivity contribution in [2.45, 2.75) is 11.3 Å². The van der Waals surface area contributed by atoms with E-state index >= 15 is 0 Å². The van der Waals surface area contributed by atoms with Crippen LogP contribution in [0.3, 0.4) is 0 Å². The number of hydrogen-bond acceptors (Lipinski definition) is 6. The molecule has 0 saturated carbocycles. The van der Waals surface area contributed by atoms with Crippen molar-refractivity contribution in [2.75, 3.05) is 31.8 Å². The number of benzene rings is 2. The number of methoxy groups -OCH3 is 2. The molecule has 0 radical (unpaired) electrons. The van der Waals surface area contributed by atoms with Gasteiger partial charge in [-0.3, -0.25) is 14.6 Å². The van der Waals surface area contributed by atoms with E-state index in [1.165, 1.54) is 18.9 Å². The fourth-order valence-corrected chi connectivity index (χ4v) is 3.83. The Labute approximate surface area is 191 Å². The molecule has 0 spiro atoms. The number of nitrogens with zero attached hydrogens (tertiary/aromatic N) is 1. The molecule has 166 valence electrons. The molecule has 32 heavy (non-hydrogen) atoms. The Balaban J connectivity index is 1.55. The number of anilines is 1. The standard InChI is InChI=1S/C24H25N3O4S/c1-30-20-11-10-18(15-21(20)31-2)27-23(28)16-32-22-9-4-3-8-19(22)24(29)26-14-12-17-7-5-6-13-25-17/h3-11,13,15H,12,14,16H2,1-2H3,(H,26,29)(H,27,28). The maximum Gasteiger partial charge on any atom is 0.252 e. The third-order valence-electron chi connectivity index (χ3n) is 4.55. The van der Waals surface area contributed by atoms with E-state index < -0.39 is 0 Å². The molecule has 3 rings (SSSR count). The van der Waals surface area contributed by atoms with E-state index in [2.05, 4.69) is 15.6 Å². The summed E-state index contributed by atoms with van der Waals surface area (Å²) in [5, 5.41) is 5.76. The van der Waals surface area contributed by atoms with Crippen LogP contribution >= 0.6 is 11.8 Å². The third-order valence-corrected chi connectivity index (χ3v) is 5.62. The lowest BCUT2D eigenvalue weighted by Gasteiger charge is -2.12. The Morgan fingerprint density at radius 2 is 1.75 bits per heavy atom. The van der Waals surface area contributed by atoms with Gasteiger partial charge in [0.05, 0.1) is 25.5 Å². The highest BCUT2D eigenvalue weighted by Gasteiger charge is 2.13. The quantitative estimate of drug-likeness (QED) is 0.456. The van der Waals surface area contributed by atoms with Gasteiger partial charge in [0.25, 0.3) is 5.91 Å². The number of thioether (sulfide) groups is 1. The predicted molar refractivity (Wildman–Crippen MR) is 126 cm³/mol. The second kappa shape index (κ2) is 11.8. The predicted octanol–water partition coefficient (Wildman–Crippen LogP) is 3.80. The van der Waals surface area contributed by atoms with Crippen LogP contribution in [0.5, 0.6) is 11.5 Å². The molecule has 2 amide bonds. The molecule has 0 saturated heterocycles. The van der Waals surface area contributed by atoms with E-state index in [9.17, 15) is 9.59 Å². The number of carbonyl (C=O) groups is 2. The van der Waals surface area contributed by atoms with Crippen LogP contribution in [0, 0.1) is 0 Å². The highest BCUT2D eigenvalue weighted by atomic mass is 32.2. The molecule has 7 nitrogen and oxygen atoms in total. The lowest BCUT2D eigenvalue weighted by Crippen LogP contribution is -2.26. The van der Waals surface area contributed by atoms with Crippen molar-refractivity contribution in [1.29, 1.82) is 0 Å². The highest BCUT2D eigenvalue weighted by Crippen LogP contribution is 2.30. The van der Waals surface area contributed by atoms with E-state index in [0.29, 0.717) is 35.7 Å². The second-order valence-corrected chi connectivity index (χ2v) is 7.75. The summed E-state index contributed by atoms with van der Waals surface area (Å²) in [7, 11) is 3.09. The average molecular weight is 452 g/mol. The molecule has 1 heterocycles. The fourth-order valence-electron chi connectivity index (χ4n) is 2.98. The van der Waals surface area contributed by atoms with Crippen molar-refractivity contribution < 1.29 is 19.1 Å². The summed E-state index contributed by atoms with van der Waals surface area (Å²) in [6.45, 7) is 0.481.